The number of halogens is 5. The summed E-state index contributed by atoms with van der Waals surface area (Å²) in [6.07, 6.45) is -5.78. The fourth-order valence-electron chi connectivity index (χ4n) is 3.60. The molecule has 7 nitrogen and oxygen atoms in total. The number of rotatable bonds is 4. The molecule has 1 amide bonds. The fourth-order valence-corrected chi connectivity index (χ4v) is 3.81. The van der Waals surface area contributed by atoms with Crippen molar-refractivity contribution in [2.75, 3.05) is 11.1 Å². The lowest BCUT2D eigenvalue weighted by atomic mass is 10.0. The van der Waals surface area contributed by atoms with Crippen LogP contribution in [0.3, 0.4) is 0 Å². The molecule has 2 heterocycles. The van der Waals surface area contributed by atoms with Gasteiger partial charge in [-0.25, -0.2) is 14.4 Å². The van der Waals surface area contributed by atoms with Crippen LogP contribution >= 0.6 is 11.6 Å². The van der Waals surface area contributed by atoms with Crippen molar-refractivity contribution in [2.45, 2.75) is 26.1 Å². The van der Waals surface area contributed by atoms with Gasteiger partial charge in [0.25, 0.3) is 5.91 Å². The number of nitrogens with zero attached hydrogens (tertiary/aromatic N) is 3. The number of carbonyl (C=O) groups is 1. The second-order valence-electron chi connectivity index (χ2n) is 7.63. The number of imidazole rings is 1. The summed E-state index contributed by atoms with van der Waals surface area (Å²) < 4.78 is 77.3. The van der Waals surface area contributed by atoms with Gasteiger partial charge in [0.15, 0.2) is 6.10 Å². The molecule has 0 unspecified atom stereocenters. The van der Waals surface area contributed by atoms with Gasteiger partial charge in [-0.3, -0.25) is 9.20 Å². The largest absolute Gasteiger partial charge is 0.416 e. The molecule has 0 aliphatic carbocycles. The third-order valence-corrected chi connectivity index (χ3v) is 5.47. The van der Waals surface area contributed by atoms with E-state index in [9.17, 15) is 27.5 Å². The third kappa shape index (κ3) is 4.64. The Balaban J connectivity index is 1.68. The van der Waals surface area contributed by atoms with Crippen LogP contribution in [0.5, 0.6) is 0 Å². The van der Waals surface area contributed by atoms with Crippen LogP contribution in [0.25, 0.3) is 16.8 Å². The van der Waals surface area contributed by atoms with Crippen LogP contribution in [0, 0.1) is 19.6 Å². The van der Waals surface area contributed by atoms with Crippen molar-refractivity contribution < 1.29 is 31.6 Å². The van der Waals surface area contributed by atoms with Crippen molar-refractivity contribution >= 4 is 34.5 Å². The third-order valence-electron chi connectivity index (χ3n) is 5.20. The average Bonchev–Trinajstić information content (AvgIpc) is 3.22. The summed E-state index contributed by atoms with van der Waals surface area (Å²) in [6, 6.07) is 5.71. The first kappa shape index (κ1) is 20.7. The van der Waals surface area contributed by atoms with E-state index in [4.69, 9.17) is 21.4 Å². The lowest BCUT2D eigenvalue weighted by Crippen LogP contribution is -2.21. The van der Waals surface area contributed by atoms with Crippen LogP contribution < -0.4 is 11.1 Å². The van der Waals surface area contributed by atoms with Gasteiger partial charge in [0.1, 0.15) is 33.8 Å². The molecule has 12 heteroatoms. The number of anilines is 2. The quantitative estimate of drug-likeness (QED) is 0.332. The van der Waals surface area contributed by atoms with Crippen LogP contribution in [0.4, 0.5) is 29.1 Å². The lowest BCUT2D eigenvalue weighted by molar-refractivity contribution is -0.138. The molecule has 4 aromatic rings. The molecule has 1 atom stereocenters. The van der Waals surface area contributed by atoms with E-state index in [1.807, 2.05) is 0 Å². The molecule has 0 spiro atoms. The van der Waals surface area contributed by atoms with E-state index in [0.29, 0.717) is 23.3 Å². The minimum atomic E-state index is -4.88. The predicted octanol–water partition coefficient (Wildman–Crippen LogP) is 5.08. The maximum Gasteiger partial charge on any atom is 0.416 e. The predicted molar refractivity (Wildman–Crippen MR) is 122 cm³/mol. The van der Waals surface area contributed by atoms with Crippen molar-refractivity contribution in [1.29, 1.82) is 0 Å². The van der Waals surface area contributed by atoms with Gasteiger partial charge in [-0.1, -0.05) is 17.7 Å². The number of amides is 1. The SMILES string of the molecule is [2H]C([2H])([2H])c1nc(-c2ccc(NC(=O)[C@@H](O)c3cc(F)cc(C(F)(F)F)c3)cc2C)c2c(N)ncc(Cl)n12. The highest BCUT2D eigenvalue weighted by Crippen LogP contribution is 2.34. The minimum Gasteiger partial charge on any atom is -0.382 e. The number of aliphatic hydroxyl groups excluding tert-OH is 1. The molecule has 0 aliphatic heterocycles. The summed E-state index contributed by atoms with van der Waals surface area (Å²) in [5.41, 5.74) is 5.45. The van der Waals surface area contributed by atoms with Gasteiger partial charge in [0, 0.05) is 15.4 Å². The average molecular weight is 511 g/mol. The summed E-state index contributed by atoms with van der Waals surface area (Å²) >= 11 is 6.19. The second-order valence-corrected chi connectivity index (χ2v) is 8.01. The number of nitrogens with one attached hydrogen (secondary N) is 1. The standard InChI is InChI=1S/C23H18ClF4N5O2/c1-10-5-15(32-22(35)20(34)12-6-13(23(26,27)28)8-14(25)7-12)3-4-16(10)18-19-21(29)30-9-17(24)33(19)11(2)31-18/h3-9,20,34H,1-2H3,(H2,29,30)(H,32,35)/t20-/m0/s1/i2D3. The number of alkyl halides is 3. The maximum atomic E-state index is 13.7. The minimum absolute atomic E-state index is 0.0272. The Morgan fingerprint density at radius 2 is 2.03 bits per heavy atom. The Morgan fingerprint density at radius 1 is 1.29 bits per heavy atom. The van der Waals surface area contributed by atoms with Gasteiger partial charge in [-0.15, -0.1) is 0 Å². The van der Waals surface area contributed by atoms with Crippen LogP contribution in [-0.2, 0) is 11.0 Å². The zero-order valence-electron chi connectivity index (χ0n) is 20.8. The van der Waals surface area contributed by atoms with Crippen LogP contribution in [0.1, 0.15) is 32.7 Å². The van der Waals surface area contributed by atoms with Gasteiger partial charge >= 0.3 is 6.18 Å². The number of aromatic nitrogens is 3. The van der Waals surface area contributed by atoms with Gasteiger partial charge in [-0.05, 0) is 55.2 Å². The molecule has 0 radical (unpaired) electrons. The first-order chi connectivity index (χ1) is 17.6. The van der Waals surface area contributed by atoms with Crippen LogP contribution in [0.15, 0.2) is 42.6 Å². The van der Waals surface area contributed by atoms with Gasteiger partial charge < -0.3 is 16.2 Å². The fraction of sp³-hybridized carbons (Fsp3) is 0.174. The second kappa shape index (κ2) is 8.82. The van der Waals surface area contributed by atoms with E-state index in [1.165, 1.54) is 28.8 Å². The molecule has 182 valence electrons. The van der Waals surface area contributed by atoms with Gasteiger partial charge in [0.05, 0.1) is 11.8 Å². The Bertz CT molecular complexity index is 1570. The van der Waals surface area contributed by atoms with Crippen LogP contribution in [0.2, 0.25) is 5.15 Å². The Labute approximate surface area is 205 Å². The number of hydrogen-bond acceptors (Lipinski definition) is 5. The molecule has 35 heavy (non-hydrogen) atoms. The molecule has 4 rings (SSSR count). The van der Waals surface area contributed by atoms with Crippen molar-refractivity contribution in [2.24, 2.45) is 0 Å². The Morgan fingerprint density at radius 3 is 2.69 bits per heavy atom. The van der Waals surface area contributed by atoms with E-state index in [-0.39, 0.29) is 39.8 Å². The number of benzene rings is 2. The molecule has 0 saturated carbocycles. The number of nitrogens with two attached hydrogens (primary N) is 1. The maximum absolute atomic E-state index is 13.7. The van der Waals surface area contributed by atoms with Crippen molar-refractivity contribution in [3.63, 3.8) is 0 Å². The molecular formula is C23H18ClF4N5O2. The first-order valence-corrected chi connectivity index (χ1v) is 10.3. The summed E-state index contributed by atoms with van der Waals surface area (Å²) in [5.74, 6) is -2.73. The Kier molecular flexibility index (Phi) is 5.21. The molecule has 4 N–H and O–H groups in total. The van der Waals surface area contributed by atoms with Crippen molar-refractivity contribution in [3.05, 3.63) is 76.1 Å². The summed E-state index contributed by atoms with van der Waals surface area (Å²) in [4.78, 5) is 20.8. The van der Waals surface area contributed by atoms with E-state index in [2.05, 4.69) is 15.3 Å². The number of hydrogen-bond donors (Lipinski definition) is 3. The number of aryl methyl sites for hydroxylation is 2. The first-order valence-electron chi connectivity index (χ1n) is 11.4. The molecule has 0 aliphatic rings. The van der Waals surface area contributed by atoms with E-state index in [0.717, 1.165) is 0 Å². The number of carbonyl (C=O) groups excluding carboxylic acids is 1. The highest BCUT2D eigenvalue weighted by Gasteiger charge is 2.32. The van der Waals surface area contributed by atoms with Crippen molar-refractivity contribution in [3.8, 4) is 11.3 Å². The van der Waals surface area contributed by atoms with Crippen LogP contribution in [-0.4, -0.2) is 25.4 Å². The molecular weight excluding hydrogens is 490 g/mol. The highest BCUT2D eigenvalue weighted by molar-refractivity contribution is 6.29. The number of nitrogen functional groups attached to an aromatic ring is 1. The van der Waals surface area contributed by atoms with E-state index < -0.39 is 42.0 Å². The van der Waals surface area contributed by atoms with Gasteiger partial charge in [0.2, 0.25) is 0 Å². The van der Waals surface area contributed by atoms with Gasteiger partial charge in [-0.2, -0.15) is 13.2 Å². The lowest BCUT2D eigenvalue weighted by Gasteiger charge is -2.15. The number of aliphatic hydroxyl groups is 1. The molecule has 0 bridgehead atoms. The smallest absolute Gasteiger partial charge is 0.382 e. The normalized spacial score (nSPS) is 14.3. The topological polar surface area (TPSA) is 106 Å². The summed E-state index contributed by atoms with van der Waals surface area (Å²) in [7, 11) is 0. The zero-order chi connectivity index (χ0) is 28.2. The summed E-state index contributed by atoms with van der Waals surface area (Å²) in [5, 5.41) is 12.6. The Hall–Kier alpha value is -3.70. The molecule has 0 fully saturated rings. The van der Waals surface area contributed by atoms with Crippen molar-refractivity contribution in [1.82, 2.24) is 14.4 Å². The zero-order valence-corrected chi connectivity index (χ0v) is 18.5. The van der Waals surface area contributed by atoms with E-state index >= 15 is 0 Å². The number of fused-ring (bicyclic) bond motifs is 1. The van der Waals surface area contributed by atoms with E-state index in [1.54, 1.807) is 6.92 Å². The monoisotopic (exact) mass is 510 g/mol. The highest BCUT2D eigenvalue weighted by atomic mass is 35.5. The summed E-state index contributed by atoms with van der Waals surface area (Å²) in [6.45, 7) is -1.02. The molecule has 2 aromatic carbocycles. The molecule has 2 aromatic heterocycles. The molecule has 0 saturated heterocycles.